The lowest BCUT2D eigenvalue weighted by atomic mass is 9.93. The number of hydrogen-bond acceptors (Lipinski definition) is 2. The van der Waals surface area contributed by atoms with Crippen LogP contribution in [0.5, 0.6) is 0 Å². The minimum absolute atomic E-state index is 0.495. The fraction of sp³-hybridized carbons (Fsp3) is 0. The fourth-order valence-corrected chi connectivity index (χ4v) is 11.5. The van der Waals surface area contributed by atoms with E-state index in [2.05, 4.69) is 261 Å². The molecule has 0 unspecified atom stereocenters. The molecule has 0 N–H and O–H groups in total. The van der Waals surface area contributed by atoms with Crippen molar-refractivity contribution in [2.45, 2.75) is 0 Å². The van der Waals surface area contributed by atoms with Gasteiger partial charge in [0, 0.05) is 11.3 Å². The summed E-state index contributed by atoms with van der Waals surface area (Å²) in [5, 5.41) is 0. The highest BCUT2D eigenvalue weighted by molar-refractivity contribution is 6.05. The quantitative estimate of drug-likeness (QED) is 0.142. The third-order valence-corrected chi connectivity index (χ3v) is 15.0. The van der Waals surface area contributed by atoms with Crippen LogP contribution in [-0.4, -0.2) is 27.9 Å². The van der Waals surface area contributed by atoms with E-state index in [4.69, 9.17) is 14.8 Å². The predicted molar refractivity (Wildman–Crippen MR) is 311 cm³/mol. The monoisotopic (exact) mass is 969 g/mol. The second kappa shape index (κ2) is 17.3. The van der Waals surface area contributed by atoms with Crippen LogP contribution >= 0.6 is 0 Å². The molecule has 11 aromatic carbocycles. The Bertz CT molecular complexity index is 4780. The standard InChI is InChI=1S/C69H43N7/c1-70-66-65(50-30-18-7-19-31-50)64(73-58-38-34-53(47-24-12-4-13-25-47)42-62(58)74-60-40-51(45-20-8-2-9-21-45)32-36-56(60)71-68(73)74)44-55(49-28-16-6-17-29-49)67(66)76-59-39-35-54(48-26-14-5-15-27-48)43-63(59)75-61-41-52(46-22-10-3-11-23-46)33-37-57(61)72-69(75)76/h2-44H. The van der Waals surface area contributed by atoms with Crippen LogP contribution in [0.1, 0.15) is 0 Å². The highest BCUT2D eigenvalue weighted by Crippen LogP contribution is 2.50. The van der Waals surface area contributed by atoms with Crippen molar-refractivity contribution in [2.24, 2.45) is 0 Å². The normalized spacial score (nSPS) is 11.7. The molecule has 7 heteroatoms. The van der Waals surface area contributed by atoms with Crippen molar-refractivity contribution < 1.29 is 0 Å². The van der Waals surface area contributed by atoms with E-state index in [1.807, 2.05) is 18.2 Å². The molecule has 0 fully saturated rings. The minimum atomic E-state index is 0.495. The van der Waals surface area contributed by atoms with Gasteiger partial charge in [0.05, 0.1) is 56.4 Å². The van der Waals surface area contributed by atoms with Crippen LogP contribution in [0.15, 0.2) is 261 Å². The molecule has 4 heterocycles. The Labute approximate surface area is 437 Å². The summed E-state index contributed by atoms with van der Waals surface area (Å²) < 4.78 is 9.11. The molecule has 7 nitrogen and oxygen atoms in total. The van der Waals surface area contributed by atoms with E-state index in [1.54, 1.807) is 0 Å². The maximum Gasteiger partial charge on any atom is 0.221 e. The maximum atomic E-state index is 9.55. The van der Waals surface area contributed by atoms with Gasteiger partial charge in [-0.2, -0.15) is 0 Å². The first-order valence-corrected chi connectivity index (χ1v) is 25.5. The predicted octanol–water partition coefficient (Wildman–Crippen LogP) is 17.7. The van der Waals surface area contributed by atoms with Crippen LogP contribution < -0.4 is 0 Å². The van der Waals surface area contributed by atoms with Crippen LogP contribution in [0, 0.1) is 6.57 Å². The van der Waals surface area contributed by atoms with Crippen LogP contribution in [-0.2, 0) is 0 Å². The number of rotatable bonds is 8. The SMILES string of the molecule is [C-]#[N+]c1c(-c2ccccc2)c(-n2c3ccc(-c4ccccc4)cc3n3c4cc(-c5ccccc5)ccc4nc23)cc(-c2ccccc2)c1-n1c2ccc(-c3ccccc3)cc2n2c3cc(-c4ccccc4)ccc3nc12. The van der Waals surface area contributed by atoms with Crippen LogP contribution in [0.2, 0.25) is 0 Å². The number of hydrogen-bond donors (Lipinski definition) is 0. The first-order chi connectivity index (χ1) is 37.7. The molecule has 354 valence electrons. The van der Waals surface area contributed by atoms with Gasteiger partial charge >= 0.3 is 0 Å². The Balaban J connectivity index is 1.09. The average Bonchev–Trinajstić information content (AvgIpc) is 4.27. The van der Waals surface area contributed by atoms with Crippen LogP contribution in [0.4, 0.5) is 5.69 Å². The van der Waals surface area contributed by atoms with Gasteiger partial charge in [-0.05, 0) is 116 Å². The summed E-state index contributed by atoms with van der Waals surface area (Å²) in [4.78, 5) is 15.8. The molecule has 0 amide bonds. The summed E-state index contributed by atoms with van der Waals surface area (Å²) in [6.07, 6.45) is 0. The highest BCUT2D eigenvalue weighted by Gasteiger charge is 2.30. The summed E-state index contributed by atoms with van der Waals surface area (Å²) in [5.74, 6) is 1.46. The van der Waals surface area contributed by atoms with Gasteiger partial charge in [0.15, 0.2) is 0 Å². The number of fused-ring (bicyclic) bond motifs is 10. The van der Waals surface area contributed by atoms with E-state index in [1.165, 1.54) is 0 Å². The largest absolute Gasteiger partial charge is 0.287 e. The van der Waals surface area contributed by atoms with Crippen molar-refractivity contribution in [1.29, 1.82) is 0 Å². The van der Waals surface area contributed by atoms with Crippen LogP contribution in [0.3, 0.4) is 0 Å². The zero-order chi connectivity index (χ0) is 50.3. The van der Waals surface area contributed by atoms with Gasteiger partial charge in [-0.3, -0.25) is 17.9 Å². The van der Waals surface area contributed by atoms with Crippen LogP contribution in [0.25, 0.3) is 139 Å². The maximum absolute atomic E-state index is 9.55. The van der Waals surface area contributed by atoms with E-state index in [0.29, 0.717) is 11.5 Å². The zero-order valence-corrected chi connectivity index (χ0v) is 41.0. The van der Waals surface area contributed by atoms with E-state index in [0.717, 1.165) is 128 Å². The minimum Gasteiger partial charge on any atom is -0.287 e. The van der Waals surface area contributed by atoms with Gasteiger partial charge in [0.25, 0.3) is 0 Å². The fourth-order valence-electron chi connectivity index (χ4n) is 11.5. The van der Waals surface area contributed by atoms with Crippen molar-refractivity contribution in [3.8, 4) is 78.1 Å². The summed E-state index contributed by atoms with van der Waals surface area (Å²) in [5.41, 5.74) is 22.1. The molecule has 0 radical (unpaired) electrons. The molecule has 0 saturated heterocycles. The van der Waals surface area contributed by atoms with Crippen molar-refractivity contribution in [3.05, 3.63) is 272 Å². The smallest absolute Gasteiger partial charge is 0.221 e. The average molecular weight is 970 g/mol. The summed E-state index contributed by atoms with van der Waals surface area (Å²) >= 11 is 0. The lowest BCUT2D eigenvalue weighted by Crippen LogP contribution is -2.05. The Morgan fingerprint density at radius 3 is 1.08 bits per heavy atom. The molecule has 0 aliphatic carbocycles. The number of benzene rings is 11. The van der Waals surface area contributed by atoms with Gasteiger partial charge < -0.3 is 0 Å². The molecule has 76 heavy (non-hydrogen) atoms. The van der Waals surface area contributed by atoms with Crippen molar-refractivity contribution >= 4 is 61.4 Å². The molecule has 0 atom stereocenters. The zero-order valence-electron chi connectivity index (χ0n) is 41.0. The molecular formula is C69H43N7. The van der Waals surface area contributed by atoms with Crippen molar-refractivity contribution in [2.75, 3.05) is 0 Å². The molecular weight excluding hydrogens is 927 g/mol. The molecule has 0 saturated carbocycles. The van der Waals surface area contributed by atoms with Gasteiger partial charge in [-0.25, -0.2) is 14.8 Å². The number of nitrogens with zero attached hydrogens (tertiary/aromatic N) is 7. The Morgan fingerprint density at radius 1 is 0.303 bits per heavy atom. The number of aromatic nitrogens is 6. The molecule has 0 bridgehead atoms. The van der Waals surface area contributed by atoms with E-state index >= 15 is 0 Å². The first-order valence-electron chi connectivity index (χ1n) is 25.5. The Kier molecular flexibility index (Phi) is 9.81. The Morgan fingerprint density at radius 2 is 0.658 bits per heavy atom. The lowest BCUT2D eigenvalue weighted by Gasteiger charge is -2.22. The molecule has 15 rings (SSSR count). The first kappa shape index (κ1) is 43.1. The lowest BCUT2D eigenvalue weighted by molar-refractivity contribution is 1.09. The van der Waals surface area contributed by atoms with E-state index < -0.39 is 0 Å². The van der Waals surface area contributed by atoms with Gasteiger partial charge in [0.1, 0.15) is 0 Å². The molecule has 0 aliphatic rings. The highest BCUT2D eigenvalue weighted by atomic mass is 15.2. The molecule has 0 spiro atoms. The Hall–Kier alpha value is -10.6. The second-order valence-electron chi connectivity index (χ2n) is 19.3. The van der Waals surface area contributed by atoms with Crippen molar-refractivity contribution in [1.82, 2.24) is 27.9 Å². The third-order valence-electron chi connectivity index (χ3n) is 15.0. The summed E-state index contributed by atoms with van der Waals surface area (Å²) in [6.45, 7) is 9.55. The van der Waals surface area contributed by atoms with E-state index in [9.17, 15) is 6.57 Å². The molecule has 15 aromatic rings. The van der Waals surface area contributed by atoms with Gasteiger partial charge in [0.2, 0.25) is 17.2 Å². The second-order valence-corrected chi connectivity index (χ2v) is 19.3. The summed E-state index contributed by atoms with van der Waals surface area (Å²) in [7, 11) is 0. The topological polar surface area (TPSA) is 48.8 Å². The van der Waals surface area contributed by atoms with Gasteiger partial charge in [-0.1, -0.05) is 206 Å². The molecule has 4 aromatic heterocycles. The van der Waals surface area contributed by atoms with Crippen molar-refractivity contribution in [3.63, 3.8) is 0 Å². The van der Waals surface area contributed by atoms with E-state index in [-0.39, 0.29) is 0 Å². The van der Waals surface area contributed by atoms with Gasteiger partial charge in [-0.15, -0.1) is 0 Å². The third kappa shape index (κ3) is 6.75. The number of imidazole rings is 4. The molecule has 0 aliphatic heterocycles. The summed E-state index contributed by atoms with van der Waals surface area (Å²) in [6, 6.07) is 91.7.